The summed E-state index contributed by atoms with van der Waals surface area (Å²) in [5.41, 5.74) is 1.89. The van der Waals surface area contributed by atoms with Crippen LogP contribution in [0.4, 0.5) is 11.4 Å². The van der Waals surface area contributed by atoms with Crippen LogP contribution in [0.2, 0.25) is 10.0 Å². The highest BCUT2D eigenvalue weighted by atomic mass is 35.5. The first-order valence-electron chi connectivity index (χ1n) is 12.9. The number of hydrogen-bond donors (Lipinski definition) is 3. The van der Waals surface area contributed by atoms with Crippen molar-refractivity contribution in [2.45, 2.75) is 4.90 Å². The average molecular weight is 637 g/mol. The average Bonchev–Trinajstić information content (AvgIpc) is 3.02. The molecule has 4 rings (SSSR count). The molecule has 3 amide bonds. The number of benzene rings is 4. The number of rotatable bonds is 11. The Hall–Kier alpha value is -4.44. The molecule has 0 saturated carbocycles. The Bertz CT molecular complexity index is 1650. The van der Waals surface area contributed by atoms with Gasteiger partial charge in [-0.1, -0.05) is 53.5 Å². The SMILES string of the molecule is COc1cccc(/C=C(\NC(=O)c2ccccc2)C(=O)Nc2ccc(SCC(=O)Nc3ccc(Cl)cc3Cl)cc2)c1OC. The molecule has 220 valence electrons. The van der Waals surface area contributed by atoms with Crippen LogP contribution >= 0.6 is 35.0 Å². The normalized spacial score (nSPS) is 10.9. The summed E-state index contributed by atoms with van der Waals surface area (Å²) in [4.78, 5) is 39.6. The Kier molecular flexibility index (Phi) is 11.1. The van der Waals surface area contributed by atoms with Gasteiger partial charge in [-0.3, -0.25) is 14.4 Å². The fourth-order valence-electron chi connectivity index (χ4n) is 3.88. The summed E-state index contributed by atoms with van der Waals surface area (Å²) in [6.45, 7) is 0. The van der Waals surface area contributed by atoms with Gasteiger partial charge in [0.1, 0.15) is 5.70 Å². The van der Waals surface area contributed by atoms with Gasteiger partial charge in [0.2, 0.25) is 5.91 Å². The molecular formula is C32H27Cl2N3O5S. The van der Waals surface area contributed by atoms with Gasteiger partial charge in [0.25, 0.3) is 11.8 Å². The Balaban J connectivity index is 1.46. The molecule has 43 heavy (non-hydrogen) atoms. The minimum absolute atomic E-state index is 0.00334. The quantitative estimate of drug-likeness (QED) is 0.119. The first kappa shape index (κ1) is 31.5. The van der Waals surface area contributed by atoms with Crippen LogP contribution in [0.3, 0.4) is 0 Å². The fourth-order valence-corrected chi connectivity index (χ4v) is 5.04. The lowest BCUT2D eigenvalue weighted by atomic mass is 10.1. The molecule has 11 heteroatoms. The zero-order valence-electron chi connectivity index (χ0n) is 23.2. The predicted octanol–water partition coefficient (Wildman–Crippen LogP) is 7.15. The molecule has 3 N–H and O–H groups in total. The Labute approximate surface area is 263 Å². The molecular weight excluding hydrogens is 609 g/mol. The number of thioether (sulfide) groups is 1. The second kappa shape index (κ2) is 15.2. The van der Waals surface area contributed by atoms with Gasteiger partial charge in [-0.25, -0.2) is 0 Å². The van der Waals surface area contributed by atoms with Crippen molar-refractivity contribution >= 4 is 70.1 Å². The van der Waals surface area contributed by atoms with E-state index >= 15 is 0 Å². The van der Waals surface area contributed by atoms with Crippen LogP contribution in [0.1, 0.15) is 15.9 Å². The van der Waals surface area contributed by atoms with Crippen molar-refractivity contribution in [1.29, 1.82) is 0 Å². The number of halogens is 2. The highest BCUT2D eigenvalue weighted by Gasteiger charge is 2.17. The second-order valence-corrected chi connectivity index (χ2v) is 10.8. The minimum atomic E-state index is -0.547. The van der Waals surface area contributed by atoms with Gasteiger partial charge in [-0.2, -0.15) is 0 Å². The summed E-state index contributed by atoms with van der Waals surface area (Å²) < 4.78 is 10.9. The third-order valence-electron chi connectivity index (χ3n) is 5.95. The summed E-state index contributed by atoms with van der Waals surface area (Å²) in [5, 5.41) is 9.11. The van der Waals surface area contributed by atoms with E-state index in [1.807, 2.05) is 0 Å². The van der Waals surface area contributed by atoms with Crippen LogP contribution in [0.25, 0.3) is 6.08 Å². The third-order valence-corrected chi connectivity index (χ3v) is 7.51. The maximum absolute atomic E-state index is 13.4. The van der Waals surface area contributed by atoms with Gasteiger partial charge < -0.3 is 25.4 Å². The zero-order chi connectivity index (χ0) is 30.8. The molecule has 4 aromatic rings. The van der Waals surface area contributed by atoms with E-state index in [0.29, 0.717) is 44.0 Å². The van der Waals surface area contributed by atoms with Crippen molar-refractivity contribution in [2.24, 2.45) is 0 Å². The molecule has 0 aliphatic heterocycles. The van der Waals surface area contributed by atoms with E-state index in [1.165, 1.54) is 32.1 Å². The van der Waals surface area contributed by atoms with E-state index in [9.17, 15) is 14.4 Å². The van der Waals surface area contributed by atoms with Gasteiger partial charge in [0.05, 0.1) is 30.7 Å². The number of nitrogens with one attached hydrogen (secondary N) is 3. The smallest absolute Gasteiger partial charge is 0.272 e. The lowest BCUT2D eigenvalue weighted by Crippen LogP contribution is -2.30. The molecule has 0 unspecified atom stereocenters. The Morgan fingerprint density at radius 3 is 2.26 bits per heavy atom. The first-order chi connectivity index (χ1) is 20.8. The molecule has 0 saturated heterocycles. The number of amides is 3. The molecule has 0 fully saturated rings. The van der Waals surface area contributed by atoms with Crippen LogP contribution in [0, 0.1) is 0 Å². The molecule has 4 aromatic carbocycles. The summed E-state index contributed by atoms with van der Waals surface area (Å²) in [7, 11) is 3.01. The maximum Gasteiger partial charge on any atom is 0.272 e. The van der Waals surface area contributed by atoms with E-state index < -0.39 is 11.8 Å². The van der Waals surface area contributed by atoms with Crippen molar-refractivity contribution in [3.05, 3.63) is 118 Å². The predicted molar refractivity (Wildman–Crippen MR) is 172 cm³/mol. The molecule has 0 bridgehead atoms. The lowest BCUT2D eigenvalue weighted by Gasteiger charge is -2.14. The number of hydrogen-bond acceptors (Lipinski definition) is 6. The molecule has 0 heterocycles. The van der Waals surface area contributed by atoms with Crippen LogP contribution in [0.5, 0.6) is 11.5 Å². The Morgan fingerprint density at radius 1 is 0.837 bits per heavy atom. The zero-order valence-corrected chi connectivity index (χ0v) is 25.5. The summed E-state index contributed by atoms with van der Waals surface area (Å²) in [5.74, 6) is -0.201. The van der Waals surface area contributed by atoms with Gasteiger partial charge >= 0.3 is 0 Å². The number of anilines is 2. The van der Waals surface area contributed by atoms with Crippen LogP contribution in [-0.2, 0) is 9.59 Å². The summed E-state index contributed by atoms with van der Waals surface area (Å²) >= 11 is 13.3. The summed E-state index contributed by atoms with van der Waals surface area (Å²) in [6, 6.07) is 25.6. The van der Waals surface area contributed by atoms with Gasteiger partial charge in [-0.15, -0.1) is 11.8 Å². The van der Waals surface area contributed by atoms with E-state index in [1.54, 1.807) is 91.0 Å². The van der Waals surface area contributed by atoms with Crippen LogP contribution in [-0.4, -0.2) is 37.7 Å². The fraction of sp³-hybridized carbons (Fsp3) is 0.0938. The second-order valence-electron chi connectivity index (χ2n) is 8.90. The lowest BCUT2D eigenvalue weighted by molar-refractivity contribution is -0.114. The molecule has 0 aliphatic rings. The third kappa shape index (κ3) is 8.78. The topological polar surface area (TPSA) is 106 Å². The number of para-hydroxylation sites is 1. The van der Waals surface area contributed by atoms with Crippen molar-refractivity contribution in [1.82, 2.24) is 5.32 Å². The van der Waals surface area contributed by atoms with Gasteiger partial charge in [0, 0.05) is 26.7 Å². The van der Waals surface area contributed by atoms with E-state index in [-0.39, 0.29) is 17.4 Å². The summed E-state index contributed by atoms with van der Waals surface area (Å²) in [6.07, 6.45) is 1.52. The standard InChI is InChI=1S/C32H27Cl2N3O5S/c1-41-28-10-6-9-21(30(28)42-2)17-27(37-31(39)20-7-4-3-5-8-20)32(40)35-23-12-14-24(15-13-23)43-19-29(38)36-26-16-11-22(33)18-25(26)34/h3-18H,19H2,1-2H3,(H,35,40)(H,36,38)(H,37,39)/b27-17-. The van der Waals surface area contributed by atoms with E-state index in [4.69, 9.17) is 32.7 Å². The first-order valence-corrected chi connectivity index (χ1v) is 14.6. The highest BCUT2D eigenvalue weighted by Crippen LogP contribution is 2.32. The largest absolute Gasteiger partial charge is 0.493 e. The van der Waals surface area contributed by atoms with Gasteiger partial charge in [0.15, 0.2) is 11.5 Å². The minimum Gasteiger partial charge on any atom is -0.493 e. The Morgan fingerprint density at radius 2 is 1.58 bits per heavy atom. The van der Waals surface area contributed by atoms with Crippen molar-refractivity contribution < 1.29 is 23.9 Å². The monoisotopic (exact) mass is 635 g/mol. The van der Waals surface area contributed by atoms with Crippen LogP contribution in [0.15, 0.2) is 102 Å². The number of ether oxygens (including phenoxy) is 2. The van der Waals surface area contributed by atoms with Crippen molar-refractivity contribution in [2.75, 3.05) is 30.6 Å². The molecule has 0 radical (unpaired) electrons. The van der Waals surface area contributed by atoms with E-state index in [2.05, 4.69) is 16.0 Å². The molecule has 0 atom stereocenters. The molecule has 0 aromatic heterocycles. The van der Waals surface area contributed by atoms with Crippen molar-refractivity contribution in [3.63, 3.8) is 0 Å². The van der Waals surface area contributed by atoms with Crippen molar-refractivity contribution in [3.8, 4) is 11.5 Å². The molecule has 0 aliphatic carbocycles. The number of carbonyl (C=O) groups is 3. The highest BCUT2D eigenvalue weighted by molar-refractivity contribution is 8.00. The van der Waals surface area contributed by atoms with E-state index in [0.717, 1.165) is 4.90 Å². The van der Waals surface area contributed by atoms with Crippen LogP contribution < -0.4 is 25.4 Å². The number of methoxy groups -OCH3 is 2. The molecule has 0 spiro atoms. The number of carbonyl (C=O) groups excluding carboxylic acids is 3. The maximum atomic E-state index is 13.4. The molecule has 8 nitrogen and oxygen atoms in total. The van der Waals surface area contributed by atoms with Gasteiger partial charge in [-0.05, 0) is 66.7 Å².